The summed E-state index contributed by atoms with van der Waals surface area (Å²) in [5.41, 5.74) is 0. The van der Waals surface area contributed by atoms with Gasteiger partial charge in [-0.15, -0.1) is 0 Å². The van der Waals surface area contributed by atoms with Gasteiger partial charge in [-0.05, 0) is 0 Å². The summed E-state index contributed by atoms with van der Waals surface area (Å²) in [5, 5.41) is 0. The summed E-state index contributed by atoms with van der Waals surface area (Å²) < 4.78 is 0.563. The van der Waals surface area contributed by atoms with Gasteiger partial charge in [0.15, 0.2) is 0 Å². The Kier molecular flexibility index (Phi) is 11.4. The van der Waals surface area contributed by atoms with Crippen LogP contribution >= 0.6 is 39.2 Å². The van der Waals surface area contributed by atoms with E-state index < -0.39 is 0 Å². The molecule has 0 atom stereocenters. The molecule has 0 heterocycles. The van der Waals surface area contributed by atoms with E-state index in [0.717, 1.165) is 0 Å². The molecule has 64 valence electrons. The molecule has 0 amide bonds. The van der Waals surface area contributed by atoms with Gasteiger partial charge in [-0.25, -0.2) is 0 Å². The minimum atomic E-state index is 0.0665. The van der Waals surface area contributed by atoms with Crippen LogP contribution in [0.3, 0.4) is 0 Å². The topological polar surface area (TPSA) is 0 Å². The van der Waals surface area contributed by atoms with Crippen LogP contribution in [0.2, 0.25) is 0 Å². The molecule has 0 radical (unpaired) electrons. The second-order valence-corrected chi connectivity index (χ2v) is 26.1. The predicted molar refractivity (Wildman–Crippen MR) is 38.7 cm³/mol. The summed E-state index contributed by atoms with van der Waals surface area (Å²) in [7, 11) is 17.5. The van der Waals surface area contributed by atoms with Crippen molar-refractivity contribution in [2.45, 2.75) is -2.56 Å². The molecule has 0 nitrogen and oxygen atoms in total. The summed E-state index contributed by atoms with van der Waals surface area (Å²) in [6.07, 6.45) is 0. The van der Waals surface area contributed by atoms with Gasteiger partial charge in [0.2, 0.25) is 0 Å². The fraction of sp³-hybridized carbons (Fsp3) is 1.00. The molecule has 0 aliphatic rings. The normalized spacial score (nSPS) is 13.8. The van der Waals surface area contributed by atoms with Gasteiger partial charge in [0.05, 0.1) is 0 Å². The zero-order valence-corrected chi connectivity index (χ0v) is 16.0. The third-order valence-electron chi connectivity index (χ3n) is 0.383. The molecule has 0 bridgehead atoms. The van der Waals surface area contributed by atoms with Crippen LogP contribution in [0.1, 0.15) is 0 Å². The zero-order valence-electron chi connectivity index (χ0n) is 3.80. The van der Waals surface area contributed by atoms with Gasteiger partial charge in [-0.3, -0.25) is 0 Å². The Bertz CT molecular complexity index is 55.5. The average Bonchev–Trinajstić information content (AvgIpc) is 1.95. The van der Waals surface area contributed by atoms with E-state index in [4.69, 9.17) is 0 Å². The second kappa shape index (κ2) is 7.70. The quantitative estimate of drug-likeness (QED) is 0.130. The Hall–Kier alpha value is 4.32. The molecule has 0 rings (SSSR count). The van der Waals surface area contributed by atoms with Crippen LogP contribution < -0.4 is 79.3 Å². The maximum absolute atomic E-state index is 4.39. The number of rotatable bonds is 4. The Morgan fingerprint density at radius 1 is 0.667 bits per heavy atom. The third kappa shape index (κ3) is 4.93. The van der Waals surface area contributed by atoms with Gasteiger partial charge in [0.25, 0.3) is 0 Å². The van der Waals surface area contributed by atoms with Gasteiger partial charge >= 0.3 is 116 Å². The van der Waals surface area contributed by atoms with Gasteiger partial charge in [0, 0.05) is 0 Å². The first-order chi connectivity index (χ1) is 4.24. The fourth-order valence-corrected chi connectivity index (χ4v) is 34.7. The van der Waals surface area contributed by atoms with Gasteiger partial charge in [-0.2, -0.15) is 0 Å². The summed E-state index contributed by atoms with van der Waals surface area (Å²) in [6.45, 7) is 0. The van der Waals surface area contributed by atoms with Crippen molar-refractivity contribution in [3.8, 4) is 0 Å². The van der Waals surface area contributed by atoms with E-state index in [1.165, 1.54) is 0 Å². The number of alkyl halides is 4. The molecule has 0 aromatic heterocycles. The van der Waals surface area contributed by atoms with Crippen molar-refractivity contribution < 1.29 is 79.3 Å². The first-order valence-electron chi connectivity index (χ1n) is 1.43. The molecule has 0 aliphatic heterocycles. The van der Waals surface area contributed by atoms with Crippen molar-refractivity contribution in [2.75, 3.05) is 0 Å². The molecule has 0 saturated heterocycles. The SMILES string of the molecule is S[I-]C([I-]S)([I-]S)[I-]S. The predicted octanol–water partition coefficient (Wildman–Crippen LogP) is -10.7. The Labute approximate surface area is 113 Å². The van der Waals surface area contributed by atoms with Crippen LogP contribution in [0.4, 0.5) is 0 Å². The van der Waals surface area contributed by atoms with Crippen LogP contribution in [0, 0.1) is 0 Å². The second-order valence-electron chi connectivity index (χ2n) is 0.767. The molecule has 0 aliphatic carbocycles. The van der Waals surface area contributed by atoms with E-state index in [9.17, 15) is 0 Å². The molecule has 0 fully saturated rings. The first kappa shape index (κ1) is 13.3. The summed E-state index contributed by atoms with van der Waals surface area (Å²) in [5.74, 6) is 0. The van der Waals surface area contributed by atoms with Crippen molar-refractivity contribution >= 4 is 39.2 Å². The number of hydrogen-bond donors (Lipinski definition) is 4. The summed E-state index contributed by atoms with van der Waals surface area (Å²) in [4.78, 5) is 0. The molecule has 0 aromatic rings. The molecular weight excluding hydrogens is 648 g/mol. The van der Waals surface area contributed by atoms with Gasteiger partial charge in [-0.1, -0.05) is 0 Å². The molecule has 0 unspecified atom stereocenters. The maximum atomic E-state index is 4.39. The van der Waals surface area contributed by atoms with E-state index in [-0.39, 0.29) is 79.3 Å². The Morgan fingerprint density at radius 2 is 0.889 bits per heavy atom. The number of hydrogen-bond acceptors (Lipinski definition) is 4. The van der Waals surface area contributed by atoms with Crippen molar-refractivity contribution in [3.63, 3.8) is 0 Å². The number of thiol groups is 4. The van der Waals surface area contributed by atoms with Gasteiger partial charge < -0.3 is 0 Å². The van der Waals surface area contributed by atoms with Gasteiger partial charge in [0.1, 0.15) is 0 Å². The standard InChI is InChI=1S/CH4I4S4/c6-2-1(3-7,4-8)5-9/h6-9H/q-4. The Balaban J connectivity index is 3.82. The molecule has 0 aromatic carbocycles. The van der Waals surface area contributed by atoms with E-state index in [1.807, 2.05) is 0 Å². The molecular formula is CH4I4S4-4. The van der Waals surface area contributed by atoms with E-state index in [0.29, 0.717) is -2.56 Å². The van der Waals surface area contributed by atoms with Crippen LogP contribution in [-0.2, 0) is 0 Å². The average molecular weight is 652 g/mol. The number of halogens is 4. The molecule has 0 spiro atoms. The van der Waals surface area contributed by atoms with Crippen LogP contribution in [0.15, 0.2) is 0 Å². The molecule has 0 saturated carbocycles. The molecule has 8 heteroatoms. The molecule has 9 heavy (non-hydrogen) atoms. The van der Waals surface area contributed by atoms with Crippen LogP contribution in [0.5, 0.6) is 0 Å². The van der Waals surface area contributed by atoms with Crippen molar-refractivity contribution in [1.82, 2.24) is 0 Å². The first-order valence-corrected chi connectivity index (χ1v) is 18.7. The zero-order chi connectivity index (χ0) is 7.33. The van der Waals surface area contributed by atoms with E-state index in [1.54, 1.807) is 0 Å². The summed E-state index contributed by atoms with van der Waals surface area (Å²) >= 11 is 0.266. The van der Waals surface area contributed by atoms with Crippen molar-refractivity contribution in [2.24, 2.45) is 0 Å². The summed E-state index contributed by atoms with van der Waals surface area (Å²) in [6, 6.07) is 0. The molecule has 0 N–H and O–H groups in total. The van der Waals surface area contributed by atoms with E-state index in [2.05, 4.69) is 39.2 Å². The minimum absolute atomic E-state index is 0.0665. The fourth-order valence-electron chi connectivity index (χ4n) is 0.0857. The third-order valence-corrected chi connectivity index (χ3v) is 51.7. The van der Waals surface area contributed by atoms with E-state index >= 15 is 0 Å². The van der Waals surface area contributed by atoms with Crippen LogP contribution in [0.25, 0.3) is 0 Å². The Morgan fingerprint density at radius 3 is 0.889 bits per heavy atom. The van der Waals surface area contributed by atoms with Crippen LogP contribution in [-0.4, -0.2) is -2.56 Å². The van der Waals surface area contributed by atoms with Crippen molar-refractivity contribution in [1.29, 1.82) is 0 Å². The van der Waals surface area contributed by atoms with Crippen molar-refractivity contribution in [3.05, 3.63) is 0 Å². The monoisotopic (exact) mass is 652 g/mol.